The predicted molar refractivity (Wildman–Crippen MR) is 148 cm³/mol. The van der Waals surface area contributed by atoms with E-state index in [1.807, 2.05) is 35.9 Å². The van der Waals surface area contributed by atoms with Gasteiger partial charge in [0.2, 0.25) is 5.91 Å². The molecule has 2 unspecified atom stereocenters. The van der Waals surface area contributed by atoms with Crippen LogP contribution in [0.25, 0.3) is 11.3 Å². The second kappa shape index (κ2) is 9.50. The number of fused-ring (bicyclic) bond motifs is 1. The van der Waals surface area contributed by atoms with Crippen molar-refractivity contribution in [2.45, 2.75) is 44.6 Å². The van der Waals surface area contributed by atoms with Crippen molar-refractivity contribution >= 4 is 23.2 Å². The van der Waals surface area contributed by atoms with Gasteiger partial charge >= 0.3 is 11.4 Å². The average molecular weight is 554 g/mol. The molecule has 1 amide bonds. The minimum Gasteiger partial charge on any atom is -0.364 e. The van der Waals surface area contributed by atoms with Crippen LogP contribution in [0.1, 0.15) is 53.9 Å². The monoisotopic (exact) mass is 553 g/mol. The Kier molecular flexibility index (Phi) is 5.76. The van der Waals surface area contributed by atoms with Gasteiger partial charge in [0.15, 0.2) is 5.65 Å². The smallest absolute Gasteiger partial charge is 0.351 e. The number of hydrogen-bond acceptors (Lipinski definition) is 9. The van der Waals surface area contributed by atoms with Crippen LogP contribution >= 0.6 is 0 Å². The van der Waals surface area contributed by atoms with Gasteiger partial charge in [-0.25, -0.2) is 44.2 Å². The number of aryl methyl sites for hydroxylation is 1. The molecule has 2 saturated carbocycles. The molecular formula is C27H27N11O3. The van der Waals surface area contributed by atoms with Crippen molar-refractivity contribution in [3.63, 3.8) is 0 Å². The number of amides is 1. The van der Waals surface area contributed by atoms with E-state index in [2.05, 4.69) is 35.7 Å². The highest BCUT2D eigenvalue weighted by Crippen LogP contribution is 2.46. The Balaban J connectivity index is 1.07. The molecule has 0 aromatic carbocycles. The number of aromatic amines is 1. The van der Waals surface area contributed by atoms with Gasteiger partial charge in [-0.15, -0.1) is 0 Å². The third kappa shape index (κ3) is 4.77. The van der Waals surface area contributed by atoms with Crippen LogP contribution in [0.2, 0.25) is 0 Å². The van der Waals surface area contributed by atoms with Crippen LogP contribution in [0.4, 0.5) is 11.6 Å². The molecule has 0 aliphatic heterocycles. The van der Waals surface area contributed by atoms with Crippen LogP contribution in [0.15, 0.2) is 52.7 Å². The van der Waals surface area contributed by atoms with E-state index in [0.29, 0.717) is 53.4 Å². The van der Waals surface area contributed by atoms with Gasteiger partial charge in [0, 0.05) is 49.2 Å². The summed E-state index contributed by atoms with van der Waals surface area (Å²) >= 11 is 0. The Bertz CT molecular complexity index is 1930. The third-order valence-electron chi connectivity index (χ3n) is 7.52. The maximum absolute atomic E-state index is 12.8. The van der Waals surface area contributed by atoms with Gasteiger partial charge in [0.25, 0.3) is 0 Å². The number of pyridine rings is 1. The highest BCUT2D eigenvalue weighted by molar-refractivity contribution is 5.94. The van der Waals surface area contributed by atoms with Crippen molar-refractivity contribution in [1.29, 1.82) is 0 Å². The highest BCUT2D eigenvalue weighted by Gasteiger charge is 2.46. The van der Waals surface area contributed by atoms with Crippen molar-refractivity contribution in [3.05, 3.63) is 86.9 Å². The first-order chi connectivity index (χ1) is 19.8. The molecule has 0 saturated heterocycles. The number of nitrogens with one attached hydrogen (secondary N) is 3. The van der Waals surface area contributed by atoms with Crippen molar-refractivity contribution in [2.75, 3.05) is 10.6 Å². The largest absolute Gasteiger partial charge is 0.364 e. The summed E-state index contributed by atoms with van der Waals surface area (Å²) in [6.07, 6.45) is 9.87. The van der Waals surface area contributed by atoms with Crippen LogP contribution in [-0.4, -0.2) is 49.6 Å². The maximum atomic E-state index is 12.8. The van der Waals surface area contributed by atoms with E-state index in [4.69, 9.17) is 4.98 Å². The fourth-order valence-corrected chi connectivity index (χ4v) is 5.00. The molecule has 5 heterocycles. The predicted octanol–water partition coefficient (Wildman–Crippen LogP) is 1.63. The van der Waals surface area contributed by atoms with Crippen molar-refractivity contribution in [2.24, 2.45) is 13.0 Å². The molecule has 41 heavy (non-hydrogen) atoms. The molecule has 5 aromatic heterocycles. The molecule has 0 radical (unpaired) electrons. The lowest BCUT2D eigenvalue weighted by molar-refractivity contribution is -0.117. The molecule has 0 spiro atoms. The summed E-state index contributed by atoms with van der Waals surface area (Å²) in [6.45, 7) is 2.24. The van der Waals surface area contributed by atoms with E-state index in [1.54, 1.807) is 12.3 Å². The van der Waals surface area contributed by atoms with Gasteiger partial charge in [-0.2, -0.15) is 4.68 Å². The average Bonchev–Trinajstić information content (AvgIpc) is 3.89. The van der Waals surface area contributed by atoms with Crippen LogP contribution < -0.4 is 22.0 Å². The number of hydrogen-bond donors (Lipinski definition) is 3. The Hall–Kier alpha value is -5.14. The van der Waals surface area contributed by atoms with Gasteiger partial charge in [-0.1, -0.05) is 0 Å². The Labute approximate surface area is 232 Å². The summed E-state index contributed by atoms with van der Waals surface area (Å²) in [4.78, 5) is 59.5. The van der Waals surface area contributed by atoms with Crippen molar-refractivity contribution < 1.29 is 4.79 Å². The van der Waals surface area contributed by atoms with Gasteiger partial charge in [-0.3, -0.25) is 4.79 Å². The summed E-state index contributed by atoms with van der Waals surface area (Å²) in [6, 6.07) is 5.42. The Morgan fingerprint density at radius 1 is 1.10 bits per heavy atom. The van der Waals surface area contributed by atoms with E-state index >= 15 is 0 Å². The number of nitrogens with zero attached hydrogens (tertiary/aromatic N) is 8. The quantitative estimate of drug-likeness (QED) is 0.258. The first-order valence-corrected chi connectivity index (χ1v) is 13.4. The van der Waals surface area contributed by atoms with Gasteiger partial charge in [0.05, 0.1) is 12.2 Å². The summed E-state index contributed by atoms with van der Waals surface area (Å²) < 4.78 is 4.15. The van der Waals surface area contributed by atoms with Crippen LogP contribution in [0.5, 0.6) is 0 Å². The molecular weight excluding hydrogens is 526 g/mol. The lowest BCUT2D eigenvalue weighted by Crippen LogP contribution is -2.25. The van der Waals surface area contributed by atoms with Crippen LogP contribution in [-0.2, 0) is 18.4 Å². The Morgan fingerprint density at radius 3 is 2.68 bits per heavy atom. The number of anilines is 2. The molecule has 7 rings (SSSR count). The second-order valence-electron chi connectivity index (χ2n) is 10.6. The molecule has 14 nitrogen and oxygen atoms in total. The van der Waals surface area contributed by atoms with Crippen molar-refractivity contribution in [3.8, 4) is 5.69 Å². The molecule has 5 aromatic rings. The van der Waals surface area contributed by atoms with E-state index in [9.17, 15) is 14.4 Å². The molecule has 2 fully saturated rings. The van der Waals surface area contributed by atoms with Gasteiger partial charge in [-0.05, 0) is 49.8 Å². The van der Waals surface area contributed by atoms with E-state index < -0.39 is 11.4 Å². The topological polar surface area (TPSA) is 170 Å². The van der Waals surface area contributed by atoms with Gasteiger partial charge < -0.3 is 15.0 Å². The minimum atomic E-state index is -0.495. The van der Waals surface area contributed by atoms with E-state index in [0.717, 1.165) is 28.7 Å². The molecule has 3 N–H and O–H groups in total. The number of H-pyrrole nitrogens is 1. The molecule has 2 atom stereocenters. The lowest BCUT2D eigenvalue weighted by Gasteiger charge is -2.07. The number of carbonyl (C=O) groups is 1. The number of imidazole rings is 1. The molecule has 208 valence electrons. The summed E-state index contributed by atoms with van der Waals surface area (Å²) in [5, 5.41) is 8.70. The second-order valence-corrected chi connectivity index (χ2v) is 10.6. The molecule has 2 aliphatic rings. The SMILES string of the molecule is Cc1ccnc(C2CC2C(=O)Nc2cc(NCc3cn4cc(C5CC5)cc(-n5[nH]c(=O)n(C)c5=O)c4n3)ncn2)n1. The zero-order chi connectivity index (χ0) is 28.2. The molecule has 2 aliphatic carbocycles. The third-order valence-corrected chi connectivity index (χ3v) is 7.52. The number of carbonyl (C=O) groups excluding carboxylic acids is 1. The van der Waals surface area contributed by atoms with Crippen LogP contribution in [0, 0.1) is 12.8 Å². The maximum Gasteiger partial charge on any atom is 0.351 e. The van der Waals surface area contributed by atoms with Crippen LogP contribution in [0.3, 0.4) is 0 Å². The van der Waals surface area contributed by atoms with Crippen molar-refractivity contribution in [1.82, 2.24) is 43.7 Å². The first kappa shape index (κ1) is 24.9. The first-order valence-electron chi connectivity index (χ1n) is 13.4. The number of aromatic nitrogens is 9. The minimum absolute atomic E-state index is 0.0132. The molecule has 14 heteroatoms. The normalized spacial score (nSPS) is 18.0. The highest BCUT2D eigenvalue weighted by atomic mass is 16.2. The fraction of sp³-hybridized carbons (Fsp3) is 0.333. The summed E-state index contributed by atoms with van der Waals surface area (Å²) in [5.41, 5.74) is 2.77. The van der Waals surface area contributed by atoms with E-state index in [-0.39, 0.29) is 17.7 Å². The Morgan fingerprint density at radius 2 is 1.93 bits per heavy atom. The standard InChI is InChI=1S/C27H27N11O3/c1-14-5-6-28-23(32-14)18-8-19(18)25(39)34-22-9-21(30-13-31-22)29-10-17-12-37-11-16(15-3-4-15)7-20(24(37)33-17)38-27(41)36(2)26(40)35-38/h5-7,9,11-13,15,18-19H,3-4,8,10H2,1-2H3,(H,35,40)(H2,29,30,31,34,39). The zero-order valence-corrected chi connectivity index (χ0v) is 22.4. The summed E-state index contributed by atoms with van der Waals surface area (Å²) in [5.74, 6) is 1.73. The number of rotatable bonds is 8. The zero-order valence-electron chi connectivity index (χ0n) is 22.4. The lowest BCUT2D eigenvalue weighted by atomic mass is 10.2. The van der Waals surface area contributed by atoms with E-state index in [1.165, 1.54) is 18.1 Å². The van der Waals surface area contributed by atoms with Gasteiger partial charge in [0.1, 0.15) is 29.5 Å². The summed E-state index contributed by atoms with van der Waals surface area (Å²) in [7, 11) is 1.43. The fourth-order valence-electron chi connectivity index (χ4n) is 5.00. The molecule has 0 bridgehead atoms.